The first-order chi connectivity index (χ1) is 6.77. The molecule has 0 aliphatic rings. The quantitative estimate of drug-likeness (QED) is 0.675. The van der Waals surface area contributed by atoms with Crippen molar-refractivity contribution in [2.75, 3.05) is 0 Å². The molecule has 1 heterocycles. The average Bonchev–Trinajstić information content (AvgIpc) is 2.23. The molecule has 0 bridgehead atoms. The summed E-state index contributed by atoms with van der Waals surface area (Å²) in [5.41, 5.74) is 1.78. The van der Waals surface area contributed by atoms with Crippen molar-refractivity contribution in [1.29, 1.82) is 0 Å². The largest absolute Gasteiger partial charge is 0.268 e. The fourth-order valence-corrected chi connectivity index (χ4v) is 1.26. The molecule has 3 heteroatoms. The normalized spacial score (nSPS) is 10.1. The van der Waals surface area contributed by atoms with Gasteiger partial charge in [-0.25, -0.2) is 4.68 Å². The van der Waals surface area contributed by atoms with Crippen LogP contribution in [0.1, 0.15) is 0 Å². The molecule has 1 aromatic heterocycles. The minimum absolute atomic E-state index is 0.0913. The van der Waals surface area contributed by atoms with Gasteiger partial charge in [0.1, 0.15) is 0 Å². The van der Waals surface area contributed by atoms with Gasteiger partial charge in [-0.1, -0.05) is 30.3 Å². The summed E-state index contributed by atoms with van der Waals surface area (Å²) in [6, 6.07) is 11.3. The molecule has 0 fully saturated rings. The molecule has 0 radical (unpaired) electrons. The zero-order valence-electron chi connectivity index (χ0n) is 7.84. The van der Waals surface area contributed by atoms with E-state index in [1.807, 2.05) is 30.3 Å². The van der Waals surface area contributed by atoms with Crippen LogP contribution in [0.4, 0.5) is 0 Å². The molecule has 0 aliphatic carbocycles. The summed E-state index contributed by atoms with van der Waals surface area (Å²) < 4.78 is 1.31. The van der Waals surface area contributed by atoms with Crippen molar-refractivity contribution in [3.05, 3.63) is 52.9 Å². The highest BCUT2D eigenvalue weighted by molar-refractivity contribution is 5.61. The van der Waals surface area contributed by atoms with Crippen molar-refractivity contribution in [2.45, 2.75) is 0 Å². The molecule has 0 aliphatic heterocycles. The van der Waals surface area contributed by atoms with E-state index in [0.29, 0.717) is 0 Å². The van der Waals surface area contributed by atoms with Crippen LogP contribution >= 0.6 is 0 Å². The first-order valence-corrected chi connectivity index (χ1v) is 4.36. The maximum atomic E-state index is 11.3. The van der Waals surface area contributed by atoms with Gasteiger partial charge in [0, 0.05) is 18.7 Å². The highest BCUT2D eigenvalue weighted by Gasteiger charge is 1.98. The number of hydrogen-bond donors (Lipinski definition) is 0. The Bertz CT molecular complexity index is 488. The highest BCUT2D eigenvalue weighted by atomic mass is 16.1. The standard InChI is InChI=1S/C11H10N2O/c1-13-11(14)7-10(8-12-13)9-5-3-2-4-6-9/h2-8H,1H3. The van der Waals surface area contributed by atoms with Gasteiger partial charge in [-0.05, 0) is 5.56 Å². The van der Waals surface area contributed by atoms with Crippen LogP contribution in [0.3, 0.4) is 0 Å². The SMILES string of the molecule is Cn1ncc(-c2ccccc2)cc1=O. The van der Waals surface area contributed by atoms with Crippen LogP contribution in [-0.4, -0.2) is 9.78 Å². The summed E-state index contributed by atoms with van der Waals surface area (Å²) in [7, 11) is 1.64. The summed E-state index contributed by atoms with van der Waals surface area (Å²) in [5, 5.41) is 3.96. The van der Waals surface area contributed by atoms with Crippen LogP contribution < -0.4 is 5.56 Å². The number of aryl methyl sites for hydroxylation is 1. The van der Waals surface area contributed by atoms with Crippen LogP contribution in [0.25, 0.3) is 11.1 Å². The predicted molar refractivity (Wildman–Crippen MR) is 54.9 cm³/mol. The molecule has 70 valence electrons. The van der Waals surface area contributed by atoms with E-state index >= 15 is 0 Å². The molecule has 0 saturated heterocycles. The van der Waals surface area contributed by atoms with Crippen molar-refractivity contribution in [3.8, 4) is 11.1 Å². The zero-order valence-corrected chi connectivity index (χ0v) is 7.84. The molecule has 0 spiro atoms. The molecular formula is C11H10N2O. The molecule has 0 amide bonds. The molecule has 1 aromatic carbocycles. The Morgan fingerprint density at radius 2 is 1.86 bits per heavy atom. The number of aromatic nitrogens is 2. The van der Waals surface area contributed by atoms with Crippen LogP contribution in [0.5, 0.6) is 0 Å². The Morgan fingerprint density at radius 3 is 2.50 bits per heavy atom. The number of nitrogens with zero attached hydrogens (tertiary/aromatic N) is 2. The van der Waals surface area contributed by atoms with E-state index in [0.717, 1.165) is 11.1 Å². The van der Waals surface area contributed by atoms with E-state index in [2.05, 4.69) is 5.10 Å². The Labute approximate surface area is 81.6 Å². The summed E-state index contributed by atoms with van der Waals surface area (Å²) in [6.07, 6.45) is 1.69. The van der Waals surface area contributed by atoms with Crippen LogP contribution in [0.2, 0.25) is 0 Å². The minimum atomic E-state index is -0.0913. The van der Waals surface area contributed by atoms with E-state index in [4.69, 9.17) is 0 Å². The topological polar surface area (TPSA) is 34.9 Å². The van der Waals surface area contributed by atoms with Crippen molar-refractivity contribution < 1.29 is 0 Å². The lowest BCUT2D eigenvalue weighted by Crippen LogP contribution is -2.17. The summed E-state index contributed by atoms with van der Waals surface area (Å²) >= 11 is 0. The Morgan fingerprint density at radius 1 is 1.14 bits per heavy atom. The summed E-state index contributed by atoms with van der Waals surface area (Å²) in [4.78, 5) is 11.3. The van der Waals surface area contributed by atoms with E-state index in [1.165, 1.54) is 4.68 Å². The van der Waals surface area contributed by atoms with Crippen LogP contribution in [0.15, 0.2) is 47.4 Å². The fourth-order valence-electron chi connectivity index (χ4n) is 1.26. The lowest BCUT2D eigenvalue weighted by atomic mass is 10.1. The molecule has 0 unspecified atom stereocenters. The van der Waals surface area contributed by atoms with Gasteiger partial charge in [0.2, 0.25) is 0 Å². The second kappa shape index (κ2) is 3.46. The molecule has 2 aromatic rings. The van der Waals surface area contributed by atoms with Crippen molar-refractivity contribution >= 4 is 0 Å². The second-order valence-corrected chi connectivity index (χ2v) is 3.07. The van der Waals surface area contributed by atoms with E-state index in [9.17, 15) is 4.79 Å². The van der Waals surface area contributed by atoms with E-state index in [1.54, 1.807) is 19.3 Å². The second-order valence-electron chi connectivity index (χ2n) is 3.07. The highest BCUT2D eigenvalue weighted by Crippen LogP contribution is 2.14. The summed E-state index contributed by atoms with van der Waals surface area (Å²) in [6.45, 7) is 0. The Hall–Kier alpha value is -1.90. The Kier molecular flexibility index (Phi) is 2.14. The maximum Gasteiger partial charge on any atom is 0.267 e. The van der Waals surface area contributed by atoms with Gasteiger partial charge >= 0.3 is 0 Å². The predicted octanol–water partition coefficient (Wildman–Crippen LogP) is 1.45. The third-order valence-corrected chi connectivity index (χ3v) is 2.08. The van der Waals surface area contributed by atoms with Gasteiger partial charge in [-0.2, -0.15) is 5.10 Å². The van der Waals surface area contributed by atoms with Crippen molar-refractivity contribution in [2.24, 2.45) is 7.05 Å². The smallest absolute Gasteiger partial charge is 0.267 e. The maximum absolute atomic E-state index is 11.3. The van der Waals surface area contributed by atoms with Gasteiger partial charge in [0.05, 0.1) is 6.20 Å². The Balaban J connectivity index is 2.54. The first-order valence-electron chi connectivity index (χ1n) is 4.36. The monoisotopic (exact) mass is 186 g/mol. The van der Waals surface area contributed by atoms with Gasteiger partial charge in [-0.15, -0.1) is 0 Å². The lowest BCUT2D eigenvalue weighted by Gasteiger charge is -2.00. The number of benzene rings is 1. The third-order valence-electron chi connectivity index (χ3n) is 2.08. The minimum Gasteiger partial charge on any atom is -0.268 e. The summed E-state index contributed by atoms with van der Waals surface area (Å²) in [5.74, 6) is 0. The van der Waals surface area contributed by atoms with Gasteiger partial charge < -0.3 is 0 Å². The molecule has 0 saturated carbocycles. The average molecular weight is 186 g/mol. The van der Waals surface area contributed by atoms with Gasteiger partial charge in [-0.3, -0.25) is 4.79 Å². The molecule has 0 atom stereocenters. The van der Waals surface area contributed by atoms with Crippen molar-refractivity contribution in [1.82, 2.24) is 9.78 Å². The van der Waals surface area contributed by atoms with Gasteiger partial charge in [0.15, 0.2) is 0 Å². The first kappa shape index (κ1) is 8.69. The van der Waals surface area contributed by atoms with E-state index < -0.39 is 0 Å². The van der Waals surface area contributed by atoms with Gasteiger partial charge in [0.25, 0.3) is 5.56 Å². The third kappa shape index (κ3) is 1.57. The molecule has 0 N–H and O–H groups in total. The van der Waals surface area contributed by atoms with Crippen LogP contribution in [0, 0.1) is 0 Å². The lowest BCUT2D eigenvalue weighted by molar-refractivity contribution is 0.708. The van der Waals surface area contributed by atoms with Crippen molar-refractivity contribution in [3.63, 3.8) is 0 Å². The molecule has 14 heavy (non-hydrogen) atoms. The number of hydrogen-bond acceptors (Lipinski definition) is 2. The van der Waals surface area contributed by atoms with Crippen LogP contribution in [-0.2, 0) is 7.05 Å². The molecule has 3 nitrogen and oxygen atoms in total. The number of rotatable bonds is 1. The molecular weight excluding hydrogens is 176 g/mol. The fraction of sp³-hybridized carbons (Fsp3) is 0.0909. The molecule has 2 rings (SSSR count). The zero-order chi connectivity index (χ0) is 9.97. The van der Waals surface area contributed by atoms with E-state index in [-0.39, 0.29) is 5.56 Å².